The number of nitro groups is 1. The topological polar surface area (TPSA) is 106 Å². The molecule has 1 fully saturated rings. The van der Waals surface area contributed by atoms with Crippen molar-refractivity contribution in [3.8, 4) is 6.01 Å². The van der Waals surface area contributed by atoms with Gasteiger partial charge in [0.1, 0.15) is 11.8 Å². The molecule has 12 heteroatoms. The summed E-state index contributed by atoms with van der Waals surface area (Å²) in [5.74, 6) is -0.214. The minimum Gasteiger partial charge on any atom is -0.436 e. The minimum absolute atomic E-state index is 0.191. The fraction of sp³-hybridized carbons (Fsp3) is 0.444. The quantitative estimate of drug-likeness (QED) is 0.561. The van der Waals surface area contributed by atoms with Crippen molar-refractivity contribution in [2.24, 2.45) is 0 Å². The van der Waals surface area contributed by atoms with Crippen LogP contribution < -0.4 is 10.1 Å². The number of hydrogen-bond acceptors (Lipinski definition) is 6. The molecule has 2 aromatic rings. The second kappa shape index (κ2) is 7.93. The first-order valence-electron chi connectivity index (χ1n) is 9.36. The zero-order valence-corrected chi connectivity index (χ0v) is 17.7. The summed E-state index contributed by atoms with van der Waals surface area (Å²) in [4.78, 5) is 30.7. The molecule has 2 aliphatic rings. The van der Waals surface area contributed by atoms with E-state index in [-0.39, 0.29) is 17.9 Å². The summed E-state index contributed by atoms with van der Waals surface area (Å²) in [6, 6.07) is 5.03. The molecule has 0 aliphatic carbocycles. The maximum atomic E-state index is 12.5. The Kier molecular flexibility index (Phi) is 5.48. The van der Waals surface area contributed by atoms with E-state index in [1.54, 1.807) is 27.7 Å². The van der Waals surface area contributed by atoms with E-state index in [1.807, 2.05) is 6.92 Å². The molecule has 0 spiro atoms. The van der Waals surface area contributed by atoms with Crippen LogP contribution in [0, 0.1) is 10.1 Å². The lowest BCUT2D eigenvalue weighted by molar-refractivity contribution is -0.389. The first kappa shape index (κ1) is 20.7. The molecule has 30 heavy (non-hydrogen) atoms. The highest BCUT2D eigenvalue weighted by Crippen LogP contribution is 2.31. The smallest absolute Gasteiger partial charge is 0.415 e. The number of ether oxygens (including phenoxy) is 1. The van der Waals surface area contributed by atoms with Gasteiger partial charge in [0.15, 0.2) is 0 Å². The van der Waals surface area contributed by atoms with E-state index in [2.05, 4.69) is 15.2 Å². The maximum Gasteiger partial charge on any atom is 0.415 e. The van der Waals surface area contributed by atoms with Crippen LogP contribution in [0.4, 0.5) is 16.3 Å². The number of nitrogens with zero attached hydrogens (tertiary/aromatic N) is 5. The van der Waals surface area contributed by atoms with Gasteiger partial charge in [-0.1, -0.05) is 23.2 Å². The number of hydrogen-bond donors (Lipinski definition) is 1. The summed E-state index contributed by atoms with van der Waals surface area (Å²) in [6.07, 6.45) is 1.39. The molecule has 0 radical (unpaired) electrons. The molecule has 2 amide bonds. The van der Waals surface area contributed by atoms with E-state index in [4.69, 9.17) is 27.9 Å². The number of carbonyl (C=O) groups is 1. The van der Waals surface area contributed by atoms with Gasteiger partial charge in [0.25, 0.3) is 0 Å². The molecule has 1 unspecified atom stereocenters. The van der Waals surface area contributed by atoms with Crippen LogP contribution in [0.3, 0.4) is 0 Å². The third-order valence-corrected chi connectivity index (χ3v) is 5.88. The van der Waals surface area contributed by atoms with Crippen LogP contribution in [0.15, 0.2) is 24.4 Å². The molecule has 1 atom stereocenters. The number of fused-ring (bicyclic) bond motifs is 1. The van der Waals surface area contributed by atoms with Gasteiger partial charge in [-0.15, -0.1) is 0 Å². The summed E-state index contributed by atoms with van der Waals surface area (Å²) in [6.45, 7) is 5.59. The summed E-state index contributed by atoms with van der Waals surface area (Å²) in [5.41, 5.74) is 0.0642. The minimum atomic E-state index is -0.533. The van der Waals surface area contributed by atoms with Gasteiger partial charge in [0.05, 0.1) is 16.6 Å². The largest absolute Gasteiger partial charge is 0.436 e. The molecule has 0 bridgehead atoms. The zero-order valence-electron chi connectivity index (χ0n) is 16.2. The van der Waals surface area contributed by atoms with Gasteiger partial charge in [-0.2, -0.15) is 0 Å². The summed E-state index contributed by atoms with van der Waals surface area (Å²) >= 11 is 11.9. The van der Waals surface area contributed by atoms with E-state index in [0.717, 1.165) is 0 Å². The number of urea groups is 1. The molecule has 1 N–H and O–H groups in total. The summed E-state index contributed by atoms with van der Waals surface area (Å²) in [7, 11) is 0. The van der Waals surface area contributed by atoms with Crippen molar-refractivity contribution in [1.29, 1.82) is 0 Å². The van der Waals surface area contributed by atoms with Gasteiger partial charge in [-0.25, -0.2) is 4.79 Å². The van der Waals surface area contributed by atoms with Crippen molar-refractivity contribution in [2.45, 2.75) is 19.1 Å². The third kappa shape index (κ3) is 4.30. The molecular weight excluding hydrogens is 435 g/mol. The Morgan fingerprint density at radius 2 is 2.03 bits per heavy atom. The molecule has 3 heterocycles. The van der Waals surface area contributed by atoms with Crippen LogP contribution >= 0.6 is 23.2 Å². The second-order valence-electron chi connectivity index (χ2n) is 7.64. The Labute approximate surface area is 182 Å². The first-order chi connectivity index (χ1) is 14.2. The summed E-state index contributed by atoms with van der Waals surface area (Å²) in [5, 5.41) is 14.5. The SMILES string of the molecule is CC1(CN2CCN(C(=O)Nc3ccc(Cl)c(Cl)c3)CC2)Cn2cc([N+](=O)[O-])nc2O1. The average molecular weight is 455 g/mol. The molecule has 2 aliphatic heterocycles. The lowest BCUT2D eigenvalue weighted by Crippen LogP contribution is -2.54. The lowest BCUT2D eigenvalue weighted by atomic mass is 10.1. The van der Waals surface area contributed by atoms with E-state index < -0.39 is 10.5 Å². The van der Waals surface area contributed by atoms with E-state index in [1.165, 1.54) is 6.20 Å². The van der Waals surface area contributed by atoms with E-state index >= 15 is 0 Å². The van der Waals surface area contributed by atoms with Crippen LogP contribution in [0.25, 0.3) is 0 Å². The number of anilines is 1. The Morgan fingerprint density at radius 3 is 2.67 bits per heavy atom. The fourth-order valence-electron chi connectivity index (χ4n) is 3.72. The molecule has 10 nitrogen and oxygen atoms in total. The van der Waals surface area contributed by atoms with E-state index in [0.29, 0.717) is 55.0 Å². The molecule has 1 aromatic heterocycles. The summed E-state index contributed by atoms with van der Waals surface area (Å²) < 4.78 is 7.56. The monoisotopic (exact) mass is 454 g/mol. The van der Waals surface area contributed by atoms with Crippen molar-refractivity contribution < 1.29 is 14.5 Å². The molecule has 4 rings (SSSR count). The number of halogens is 2. The molecule has 160 valence electrons. The normalized spacial score (nSPS) is 21.2. The Morgan fingerprint density at radius 1 is 1.30 bits per heavy atom. The van der Waals surface area contributed by atoms with Crippen molar-refractivity contribution in [3.05, 3.63) is 44.6 Å². The van der Waals surface area contributed by atoms with Crippen LogP contribution in [0.1, 0.15) is 6.92 Å². The number of imidazole rings is 1. The van der Waals surface area contributed by atoms with Crippen molar-refractivity contribution in [2.75, 3.05) is 38.0 Å². The number of aromatic nitrogens is 2. The number of piperazine rings is 1. The fourth-order valence-corrected chi connectivity index (χ4v) is 4.02. The van der Waals surface area contributed by atoms with Crippen LogP contribution in [-0.2, 0) is 6.54 Å². The highest BCUT2D eigenvalue weighted by molar-refractivity contribution is 6.42. The first-order valence-corrected chi connectivity index (χ1v) is 10.1. The highest BCUT2D eigenvalue weighted by atomic mass is 35.5. The van der Waals surface area contributed by atoms with Crippen LogP contribution in [-0.4, -0.2) is 68.6 Å². The Balaban J connectivity index is 1.28. The third-order valence-electron chi connectivity index (χ3n) is 5.15. The maximum absolute atomic E-state index is 12.5. The second-order valence-corrected chi connectivity index (χ2v) is 8.46. The van der Waals surface area contributed by atoms with Gasteiger partial charge in [-0.3, -0.25) is 9.47 Å². The standard InChI is InChI=1S/C18H20Cl2N6O4/c1-18(11-25-9-15(26(28)29)22-17(25)30-18)10-23-4-6-24(7-5-23)16(27)21-12-2-3-13(19)14(20)8-12/h2-3,8-9H,4-7,10-11H2,1H3,(H,21,27). The van der Waals surface area contributed by atoms with Crippen LogP contribution in [0.5, 0.6) is 6.01 Å². The molecular formula is C18H20Cl2N6O4. The molecule has 0 saturated carbocycles. The lowest BCUT2D eigenvalue weighted by Gasteiger charge is -2.37. The number of carbonyl (C=O) groups excluding carboxylic acids is 1. The molecule has 1 aromatic carbocycles. The van der Waals surface area contributed by atoms with Crippen molar-refractivity contribution in [3.63, 3.8) is 0 Å². The number of rotatable bonds is 4. The van der Waals surface area contributed by atoms with Crippen molar-refractivity contribution >= 4 is 40.7 Å². The van der Waals surface area contributed by atoms with Gasteiger partial charge in [-0.05, 0) is 30.0 Å². The predicted molar refractivity (Wildman–Crippen MR) is 111 cm³/mol. The van der Waals surface area contributed by atoms with Gasteiger partial charge in [0.2, 0.25) is 0 Å². The van der Waals surface area contributed by atoms with Gasteiger partial charge < -0.3 is 25.1 Å². The van der Waals surface area contributed by atoms with E-state index in [9.17, 15) is 14.9 Å². The number of amides is 2. The Bertz CT molecular complexity index is 966. The van der Waals surface area contributed by atoms with Crippen LogP contribution in [0.2, 0.25) is 10.0 Å². The van der Waals surface area contributed by atoms with Gasteiger partial charge in [0, 0.05) is 43.4 Å². The predicted octanol–water partition coefficient (Wildman–Crippen LogP) is 3.10. The number of benzene rings is 1. The highest BCUT2D eigenvalue weighted by Gasteiger charge is 2.42. The zero-order chi connectivity index (χ0) is 21.5. The molecule has 1 saturated heterocycles. The van der Waals surface area contributed by atoms with Crippen molar-refractivity contribution in [1.82, 2.24) is 19.4 Å². The average Bonchev–Trinajstić information content (AvgIpc) is 3.20. The van der Waals surface area contributed by atoms with Gasteiger partial charge >= 0.3 is 17.9 Å². The Hall–Kier alpha value is -2.56. The number of nitrogens with one attached hydrogen (secondary N) is 1.